The molecule has 0 aliphatic rings. The van der Waals surface area contributed by atoms with Gasteiger partial charge >= 0.3 is 0 Å². The maximum atomic E-state index is 10.2. The minimum atomic E-state index is 0.614. The van der Waals surface area contributed by atoms with E-state index < -0.39 is 0 Å². The first-order valence-corrected chi connectivity index (χ1v) is 19.2. The van der Waals surface area contributed by atoms with Crippen molar-refractivity contribution in [3.63, 3.8) is 0 Å². The highest BCUT2D eigenvalue weighted by Gasteiger charge is 2.17. The second-order valence-electron chi connectivity index (χ2n) is 14.1. The molecule has 0 spiro atoms. The van der Waals surface area contributed by atoms with E-state index in [9.17, 15) is 5.26 Å². The predicted octanol–water partition coefficient (Wildman–Crippen LogP) is 13.1. The van der Waals surface area contributed by atoms with Gasteiger partial charge in [0, 0.05) is 38.6 Å². The molecule has 0 aliphatic carbocycles. The van der Waals surface area contributed by atoms with Crippen LogP contribution in [0, 0.1) is 11.3 Å². The molecule has 2 aromatic heterocycles. The highest BCUT2D eigenvalue weighted by atomic mass is 14.9. The van der Waals surface area contributed by atoms with Crippen LogP contribution in [0.3, 0.4) is 0 Å². The van der Waals surface area contributed by atoms with Crippen molar-refractivity contribution in [2.24, 2.45) is 0 Å². The van der Waals surface area contributed by atoms with Gasteiger partial charge in [-0.2, -0.15) is 5.26 Å². The summed E-state index contributed by atoms with van der Waals surface area (Å²) in [6.45, 7) is 0. The zero-order valence-corrected chi connectivity index (χ0v) is 31.3. The monoisotopic (exact) mass is 739 g/mol. The molecule has 5 nitrogen and oxygen atoms in total. The van der Waals surface area contributed by atoms with Crippen molar-refractivity contribution in [2.75, 3.05) is 0 Å². The Balaban J connectivity index is 1.12. The first-order chi connectivity index (χ1) is 28.7. The van der Waals surface area contributed by atoms with Gasteiger partial charge in [0.25, 0.3) is 0 Å². The minimum Gasteiger partial charge on any atom is -0.228 e. The van der Waals surface area contributed by atoms with Crippen molar-refractivity contribution in [1.82, 2.24) is 19.9 Å². The molecule has 0 unspecified atom stereocenters. The number of aromatic nitrogens is 4. The van der Waals surface area contributed by atoms with Crippen molar-refractivity contribution in [2.45, 2.75) is 0 Å². The highest BCUT2D eigenvalue weighted by Crippen LogP contribution is 2.40. The van der Waals surface area contributed by atoms with Crippen LogP contribution in [0.2, 0.25) is 0 Å². The van der Waals surface area contributed by atoms with Crippen LogP contribution in [0.15, 0.2) is 200 Å². The molecule has 5 heteroatoms. The van der Waals surface area contributed by atoms with E-state index >= 15 is 0 Å². The van der Waals surface area contributed by atoms with Crippen LogP contribution in [0.5, 0.6) is 0 Å². The second-order valence-corrected chi connectivity index (χ2v) is 14.1. The van der Waals surface area contributed by atoms with Crippen LogP contribution in [0.25, 0.3) is 100 Å². The lowest BCUT2D eigenvalue weighted by Gasteiger charge is -2.16. The van der Waals surface area contributed by atoms with E-state index in [-0.39, 0.29) is 0 Å². The van der Waals surface area contributed by atoms with Gasteiger partial charge in [-0.05, 0) is 64.2 Å². The Kier molecular flexibility index (Phi) is 8.83. The summed E-state index contributed by atoms with van der Waals surface area (Å²) >= 11 is 0. The van der Waals surface area contributed by atoms with Crippen LogP contribution >= 0.6 is 0 Å². The molecule has 0 bridgehead atoms. The van der Waals surface area contributed by atoms with Crippen LogP contribution in [-0.2, 0) is 0 Å². The van der Waals surface area contributed by atoms with Crippen molar-refractivity contribution in [1.29, 1.82) is 5.26 Å². The van der Waals surface area contributed by atoms with E-state index in [2.05, 4.69) is 109 Å². The van der Waals surface area contributed by atoms with Crippen molar-refractivity contribution in [3.05, 3.63) is 206 Å². The molecule has 0 N–H and O–H groups in total. The zero-order chi connectivity index (χ0) is 38.8. The van der Waals surface area contributed by atoms with Gasteiger partial charge in [-0.25, -0.2) is 19.9 Å². The molecule has 58 heavy (non-hydrogen) atoms. The SMILES string of the molecule is N#Cc1ccccc1-c1ccc(-c2cccc(-c3nc(-c4ccccc4)c4ccccc4n3)c2)cc1-c1cccc(-c2nc(-c3ccccc3)c3ccccc3n2)c1. The summed E-state index contributed by atoms with van der Waals surface area (Å²) in [6, 6.07) is 70.3. The maximum absolute atomic E-state index is 10.2. The van der Waals surface area contributed by atoms with E-state index in [1.807, 2.05) is 97.1 Å². The van der Waals surface area contributed by atoms with E-state index in [0.717, 1.165) is 88.8 Å². The van der Waals surface area contributed by atoms with Crippen LogP contribution in [0.4, 0.5) is 0 Å². The summed E-state index contributed by atoms with van der Waals surface area (Å²) in [5.74, 6) is 1.31. The average molecular weight is 740 g/mol. The molecular formula is C53H33N5. The smallest absolute Gasteiger partial charge is 0.160 e. The standard InChI is InChI=1S/C53H33N5/c54-34-42-19-7-8-24-43(42)44-30-29-38(37-20-13-22-40(31-37)52-55-48-27-11-9-25-45(48)50(57-52)35-15-3-1-4-16-35)33-47(44)39-21-14-23-41(32-39)53-56-49-28-12-10-26-46(49)51(58-53)36-17-5-2-6-18-36/h1-33H. The van der Waals surface area contributed by atoms with Gasteiger partial charge in [0.15, 0.2) is 11.6 Å². The molecule has 0 radical (unpaired) electrons. The lowest BCUT2D eigenvalue weighted by Crippen LogP contribution is -1.96. The number of hydrogen-bond donors (Lipinski definition) is 0. The lowest BCUT2D eigenvalue weighted by molar-refractivity contribution is 1.23. The zero-order valence-electron chi connectivity index (χ0n) is 31.3. The average Bonchev–Trinajstić information content (AvgIpc) is 3.31. The number of para-hydroxylation sites is 2. The molecule has 0 aliphatic heterocycles. The molecule has 10 rings (SSSR count). The van der Waals surface area contributed by atoms with E-state index in [1.165, 1.54) is 0 Å². The number of rotatable bonds is 7. The number of fused-ring (bicyclic) bond motifs is 2. The Morgan fingerprint density at radius 3 is 1.38 bits per heavy atom. The van der Waals surface area contributed by atoms with Crippen LogP contribution < -0.4 is 0 Å². The first kappa shape index (κ1) is 34.4. The van der Waals surface area contributed by atoms with Crippen LogP contribution in [-0.4, -0.2) is 19.9 Å². The largest absolute Gasteiger partial charge is 0.228 e. The summed E-state index contributed by atoms with van der Waals surface area (Å²) in [4.78, 5) is 20.4. The molecule has 0 saturated heterocycles. The molecule has 2 heterocycles. The molecule has 0 saturated carbocycles. The third-order valence-electron chi connectivity index (χ3n) is 10.5. The molecule has 8 aromatic carbocycles. The Morgan fingerprint density at radius 1 is 0.310 bits per heavy atom. The second kappa shape index (κ2) is 14.9. The Bertz CT molecular complexity index is 3190. The first-order valence-electron chi connectivity index (χ1n) is 19.2. The maximum Gasteiger partial charge on any atom is 0.160 e. The quantitative estimate of drug-likeness (QED) is 0.163. The van der Waals surface area contributed by atoms with Gasteiger partial charge in [0.05, 0.1) is 34.1 Å². The fourth-order valence-electron chi connectivity index (χ4n) is 7.72. The van der Waals surface area contributed by atoms with Gasteiger partial charge in [-0.1, -0.05) is 164 Å². The fraction of sp³-hybridized carbons (Fsp3) is 0. The van der Waals surface area contributed by atoms with Crippen LogP contribution in [0.1, 0.15) is 5.56 Å². The Hall–Kier alpha value is -8.07. The van der Waals surface area contributed by atoms with E-state index in [1.54, 1.807) is 0 Å². The van der Waals surface area contributed by atoms with E-state index in [0.29, 0.717) is 17.2 Å². The number of benzene rings is 8. The van der Waals surface area contributed by atoms with Crippen molar-refractivity contribution < 1.29 is 0 Å². The van der Waals surface area contributed by atoms with Gasteiger partial charge in [0.2, 0.25) is 0 Å². The van der Waals surface area contributed by atoms with E-state index in [4.69, 9.17) is 19.9 Å². The third kappa shape index (κ3) is 6.45. The topological polar surface area (TPSA) is 75.3 Å². The Morgan fingerprint density at radius 2 is 0.776 bits per heavy atom. The fourth-order valence-corrected chi connectivity index (χ4v) is 7.72. The summed E-state index contributed by atoms with van der Waals surface area (Å²) in [7, 11) is 0. The minimum absolute atomic E-state index is 0.614. The molecule has 0 atom stereocenters. The van der Waals surface area contributed by atoms with Crippen molar-refractivity contribution in [3.8, 4) is 84.7 Å². The summed E-state index contributed by atoms with van der Waals surface area (Å²) in [5.41, 5.74) is 14.0. The summed E-state index contributed by atoms with van der Waals surface area (Å²) < 4.78 is 0. The molecular weight excluding hydrogens is 707 g/mol. The number of hydrogen-bond acceptors (Lipinski definition) is 5. The molecule has 0 fully saturated rings. The predicted molar refractivity (Wildman–Crippen MR) is 235 cm³/mol. The third-order valence-corrected chi connectivity index (χ3v) is 10.5. The number of nitrogens with zero attached hydrogens (tertiary/aromatic N) is 5. The van der Waals surface area contributed by atoms with Gasteiger partial charge in [-0.15, -0.1) is 0 Å². The normalized spacial score (nSPS) is 11.1. The van der Waals surface area contributed by atoms with Gasteiger partial charge in [0.1, 0.15) is 0 Å². The van der Waals surface area contributed by atoms with Crippen molar-refractivity contribution >= 4 is 21.8 Å². The van der Waals surface area contributed by atoms with Gasteiger partial charge in [-0.3, -0.25) is 0 Å². The molecule has 0 amide bonds. The summed E-state index contributed by atoms with van der Waals surface area (Å²) in [5, 5.41) is 12.2. The molecule has 10 aromatic rings. The number of nitriles is 1. The lowest BCUT2D eigenvalue weighted by atomic mass is 9.88. The summed E-state index contributed by atoms with van der Waals surface area (Å²) in [6.07, 6.45) is 0. The molecule has 270 valence electrons. The highest BCUT2D eigenvalue weighted by molar-refractivity contribution is 5.96. The Labute approximate surface area is 336 Å². The van der Waals surface area contributed by atoms with Gasteiger partial charge < -0.3 is 0 Å².